The standard InChI is InChI=1S/C15H28N2O4/c1-11-7-4-5-9-13(11)17(2)15(20)16-12(14(18)19)8-6-10-21-3/h11-13H,4-10H2,1-3H3,(H,16,20)(H,18,19). The number of aliphatic carboxylic acids is 1. The topological polar surface area (TPSA) is 78.9 Å². The van der Waals surface area contributed by atoms with Crippen LogP contribution >= 0.6 is 0 Å². The molecule has 0 heterocycles. The smallest absolute Gasteiger partial charge is 0.326 e. The van der Waals surface area contributed by atoms with Gasteiger partial charge in [-0.25, -0.2) is 9.59 Å². The highest BCUT2D eigenvalue weighted by Gasteiger charge is 2.29. The fourth-order valence-corrected chi connectivity index (χ4v) is 2.96. The number of nitrogens with one attached hydrogen (secondary N) is 1. The van der Waals surface area contributed by atoms with E-state index in [0.29, 0.717) is 25.4 Å². The van der Waals surface area contributed by atoms with Crippen LogP contribution in [0.3, 0.4) is 0 Å². The van der Waals surface area contributed by atoms with Crippen LogP contribution in [0.5, 0.6) is 0 Å². The maximum absolute atomic E-state index is 12.3. The predicted octanol–water partition coefficient (Wildman–Crippen LogP) is 2.09. The second kappa shape index (κ2) is 8.87. The van der Waals surface area contributed by atoms with Crippen LogP contribution in [0.15, 0.2) is 0 Å². The van der Waals surface area contributed by atoms with E-state index in [-0.39, 0.29) is 12.1 Å². The molecule has 6 nitrogen and oxygen atoms in total. The molecule has 0 saturated heterocycles. The number of carboxylic acids is 1. The SMILES string of the molecule is COCCCC(NC(=O)N(C)C1CCCCC1C)C(=O)O. The van der Waals surface area contributed by atoms with Crippen molar-refractivity contribution in [1.82, 2.24) is 10.2 Å². The first-order valence-corrected chi connectivity index (χ1v) is 7.72. The Morgan fingerprint density at radius 3 is 2.62 bits per heavy atom. The second-order valence-corrected chi connectivity index (χ2v) is 5.92. The average Bonchev–Trinajstić information content (AvgIpc) is 2.45. The van der Waals surface area contributed by atoms with Crippen molar-refractivity contribution in [2.24, 2.45) is 5.92 Å². The quantitative estimate of drug-likeness (QED) is 0.706. The summed E-state index contributed by atoms with van der Waals surface area (Å²) in [5.74, 6) is -0.532. The summed E-state index contributed by atoms with van der Waals surface area (Å²) in [4.78, 5) is 25.2. The molecule has 0 radical (unpaired) electrons. The molecule has 6 heteroatoms. The van der Waals surface area contributed by atoms with Gasteiger partial charge in [0.15, 0.2) is 0 Å². The first-order chi connectivity index (χ1) is 9.97. The van der Waals surface area contributed by atoms with Crippen molar-refractivity contribution >= 4 is 12.0 Å². The van der Waals surface area contributed by atoms with Gasteiger partial charge in [-0.15, -0.1) is 0 Å². The van der Waals surface area contributed by atoms with Crippen LogP contribution in [0.4, 0.5) is 4.79 Å². The van der Waals surface area contributed by atoms with Gasteiger partial charge in [0.1, 0.15) is 6.04 Å². The normalized spacial score (nSPS) is 23.4. The van der Waals surface area contributed by atoms with Crippen molar-refractivity contribution in [3.63, 3.8) is 0 Å². The highest BCUT2D eigenvalue weighted by atomic mass is 16.5. The molecule has 1 fully saturated rings. The molecule has 0 aromatic heterocycles. The summed E-state index contributed by atoms with van der Waals surface area (Å²) in [5.41, 5.74) is 0. The molecule has 2 N–H and O–H groups in total. The largest absolute Gasteiger partial charge is 0.480 e. The van der Waals surface area contributed by atoms with Crippen molar-refractivity contribution in [2.45, 2.75) is 57.5 Å². The van der Waals surface area contributed by atoms with Crippen LogP contribution in [0.1, 0.15) is 45.4 Å². The zero-order chi connectivity index (χ0) is 15.8. The van der Waals surface area contributed by atoms with E-state index < -0.39 is 12.0 Å². The summed E-state index contributed by atoms with van der Waals surface area (Å²) < 4.78 is 4.92. The van der Waals surface area contributed by atoms with Gasteiger partial charge in [-0.1, -0.05) is 19.8 Å². The Morgan fingerprint density at radius 2 is 2.05 bits per heavy atom. The minimum atomic E-state index is -0.996. The van der Waals surface area contributed by atoms with E-state index in [9.17, 15) is 14.7 Å². The molecule has 122 valence electrons. The third-order valence-corrected chi connectivity index (χ3v) is 4.32. The maximum atomic E-state index is 12.3. The van der Waals surface area contributed by atoms with E-state index in [1.807, 2.05) is 0 Å². The third kappa shape index (κ3) is 5.53. The Morgan fingerprint density at radius 1 is 1.38 bits per heavy atom. The van der Waals surface area contributed by atoms with Crippen molar-refractivity contribution in [1.29, 1.82) is 0 Å². The van der Waals surface area contributed by atoms with E-state index in [1.165, 1.54) is 6.42 Å². The molecule has 3 atom stereocenters. The Kier molecular flexibility index (Phi) is 7.50. The number of carboxylic acid groups (broad SMARTS) is 1. The van der Waals surface area contributed by atoms with Gasteiger partial charge >= 0.3 is 12.0 Å². The van der Waals surface area contributed by atoms with Crippen molar-refractivity contribution in [3.05, 3.63) is 0 Å². The zero-order valence-electron chi connectivity index (χ0n) is 13.3. The third-order valence-electron chi connectivity index (χ3n) is 4.32. The molecule has 0 spiro atoms. The van der Waals surface area contributed by atoms with E-state index in [1.54, 1.807) is 19.1 Å². The lowest BCUT2D eigenvalue weighted by Gasteiger charge is -2.36. The van der Waals surface area contributed by atoms with Gasteiger partial charge in [-0.3, -0.25) is 0 Å². The molecule has 21 heavy (non-hydrogen) atoms. The first-order valence-electron chi connectivity index (χ1n) is 7.72. The molecule has 1 aliphatic rings. The van der Waals surface area contributed by atoms with Gasteiger partial charge in [-0.2, -0.15) is 0 Å². The molecule has 0 aliphatic heterocycles. The van der Waals surface area contributed by atoms with Gasteiger partial charge in [0.05, 0.1) is 0 Å². The van der Waals surface area contributed by atoms with Crippen LogP contribution in [-0.4, -0.2) is 54.9 Å². The number of ether oxygens (including phenoxy) is 1. The molecule has 0 bridgehead atoms. The van der Waals surface area contributed by atoms with E-state index in [2.05, 4.69) is 12.2 Å². The van der Waals surface area contributed by atoms with Crippen molar-refractivity contribution < 1.29 is 19.4 Å². The Labute approximate surface area is 126 Å². The number of hydrogen-bond donors (Lipinski definition) is 2. The summed E-state index contributed by atoms with van der Waals surface area (Å²) in [6, 6.07) is -0.945. The minimum Gasteiger partial charge on any atom is -0.480 e. The lowest BCUT2D eigenvalue weighted by Crippen LogP contribution is -2.51. The average molecular weight is 300 g/mol. The number of rotatable bonds is 7. The number of carbonyl (C=O) groups excluding carboxylic acids is 1. The Bertz CT molecular complexity index is 349. The first kappa shape index (κ1) is 17.8. The number of hydrogen-bond acceptors (Lipinski definition) is 3. The number of nitrogens with zero attached hydrogens (tertiary/aromatic N) is 1. The lowest BCUT2D eigenvalue weighted by atomic mass is 9.85. The van der Waals surface area contributed by atoms with Crippen LogP contribution in [-0.2, 0) is 9.53 Å². The van der Waals surface area contributed by atoms with Crippen LogP contribution in [0, 0.1) is 5.92 Å². The fourth-order valence-electron chi connectivity index (χ4n) is 2.96. The molecular formula is C15H28N2O4. The van der Waals surface area contributed by atoms with Crippen LogP contribution in [0.25, 0.3) is 0 Å². The summed E-state index contributed by atoms with van der Waals surface area (Å²) in [5, 5.41) is 11.8. The summed E-state index contributed by atoms with van der Waals surface area (Å²) in [6.07, 6.45) is 5.44. The number of urea groups is 1. The van der Waals surface area contributed by atoms with Gasteiger partial charge in [0.2, 0.25) is 0 Å². The highest BCUT2D eigenvalue weighted by molar-refractivity contribution is 5.82. The molecule has 0 aromatic rings. The highest BCUT2D eigenvalue weighted by Crippen LogP contribution is 2.27. The Balaban J connectivity index is 2.53. The predicted molar refractivity (Wildman–Crippen MR) is 80.2 cm³/mol. The van der Waals surface area contributed by atoms with Crippen LogP contribution in [0.2, 0.25) is 0 Å². The molecule has 1 rings (SSSR count). The molecule has 0 aromatic carbocycles. The second-order valence-electron chi connectivity index (χ2n) is 5.92. The van der Waals surface area contributed by atoms with Crippen molar-refractivity contribution in [3.8, 4) is 0 Å². The Hall–Kier alpha value is -1.30. The van der Waals surface area contributed by atoms with Gasteiger partial charge in [-0.05, 0) is 31.6 Å². The van der Waals surface area contributed by atoms with Gasteiger partial charge in [0.25, 0.3) is 0 Å². The summed E-state index contributed by atoms with van der Waals surface area (Å²) >= 11 is 0. The van der Waals surface area contributed by atoms with Crippen LogP contribution < -0.4 is 5.32 Å². The molecule has 3 unspecified atom stereocenters. The lowest BCUT2D eigenvalue weighted by molar-refractivity contribution is -0.139. The monoisotopic (exact) mass is 300 g/mol. The van der Waals surface area contributed by atoms with E-state index in [0.717, 1.165) is 19.3 Å². The zero-order valence-corrected chi connectivity index (χ0v) is 13.3. The van der Waals surface area contributed by atoms with Crippen molar-refractivity contribution in [2.75, 3.05) is 20.8 Å². The minimum absolute atomic E-state index is 0.201. The molecule has 2 amide bonds. The van der Waals surface area contributed by atoms with E-state index >= 15 is 0 Å². The number of amides is 2. The fraction of sp³-hybridized carbons (Fsp3) is 0.867. The number of methoxy groups -OCH3 is 1. The molecule has 1 saturated carbocycles. The van der Waals surface area contributed by atoms with E-state index in [4.69, 9.17) is 4.74 Å². The van der Waals surface area contributed by atoms with Gasteiger partial charge < -0.3 is 20.1 Å². The number of carbonyl (C=O) groups is 2. The summed E-state index contributed by atoms with van der Waals surface area (Å²) in [6.45, 7) is 2.65. The molecule has 1 aliphatic carbocycles. The van der Waals surface area contributed by atoms with Gasteiger partial charge in [0, 0.05) is 26.8 Å². The summed E-state index contributed by atoms with van der Waals surface area (Å²) in [7, 11) is 3.34. The molecular weight excluding hydrogens is 272 g/mol. The maximum Gasteiger partial charge on any atom is 0.326 e.